The molecule has 0 bridgehead atoms. The van der Waals surface area contributed by atoms with Gasteiger partial charge in [-0.3, -0.25) is 0 Å². The van der Waals surface area contributed by atoms with E-state index in [4.69, 9.17) is 0 Å². The molecule has 1 saturated carbocycles. The summed E-state index contributed by atoms with van der Waals surface area (Å²) in [5.41, 5.74) is 0. The van der Waals surface area contributed by atoms with Crippen LogP contribution >= 0.6 is 0 Å². The third-order valence-electron chi connectivity index (χ3n) is 4.62. The van der Waals surface area contributed by atoms with Crippen molar-refractivity contribution in [2.24, 2.45) is 5.92 Å². The SMILES string of the molecule is CNC1CCCC(N2CCCC(C)CC2)C1. The second-order valence-corrected chi connectivity index (χ2v) is 5.88. The molecule has 1 N–H and O–H groups in total. The number of nitrogens with zero attached hydrogens (tertiary/aromatic N) is 1. The molecule has 1 heterocycles. The lowest BCUT2D eigenvalue weighted by Crippen LogP contribution is -2.44. The van der Waals surface area contributed by atoms with Gasteiger partial charge in [0.2, 0.25) is 0 Å². The van der Waals surface area contributed by atoms with Crippen LogP contribution in [0.15, 0.2) is 0 Å². The van der Waals surface area contributed by atoms with E-state index in [9.17, 15) is 0 Å². The smallest absolute Gasteiger partial charge is 0.0110 e. The summed E-state index contributed by atoms with van der Waals surface area (Å²) in [5, 5.41) is 3.47. The predicted molar refractivity (Wildman–Crippen MR) is 69.7 cm³/mol. The van der Waals surface area contributed by atoms with Crippen molar-refractivity contribution in [3.8, 4) is 0 Å². The third kappa shape index (κ3) is 3.21. The molecule has 1 aliphatic carbocycles. The fourth-order valence-corrected chi connectivity index (χ4v) is 3.41. The Morgan fingerprint density at radius 3 is 2.69 bits per heavy atom. The molecule has 1 saturated heterocycles. The quantitative estimate of drug-likeness (QED) is 0.776. The first kappa shape index (κ1) is 12.4. The maximum Gasteiger partial charge on any atom is 0.0110 e. The van der Waals surface area contributed by atoms with Crippen LogP contribution in [-0.2, 0) is 0 Å². The van der Waals surface area contributed by atoms with Crippen LogP contribution in [0, 0.1) is 5.92 Å². The molecule has 1 aliphatic heterocycles. The molecule has 0 aromatic carbocycles. The number of hydrogen-bond donors (Lipinski definition) is 1. The summed E-state index contributed by atoms with van der Waals surface area (Å²) in [6.45, 7) is 5.12. The Bertz CT molecular complexity index is 205. The first-order valence-corrected chi connectivity index (χ1v) is 7.21. The zero-order valence-corrected chi connectivity index (χ0v) is 11.0. The summed E-state index contributed by atoms with van der Waals surface area (Å²) in [6.07, 6.45) is 9.90. The Labute approximate surface area is 101 Å². The van der Waals surface area contributed by atoms with E-state index in [1.807, 2.05) is 0 Å². The Kier molecular flexibility index (Phi) is 4.66. The highest BCUT2D eigenvalue weighted by atomic mass is 15.2. The Hall–Kier alpha value is -0.0800. The highest BCUT2D eigenvalue weighted by molar-refractivity contribution is 4.84. The van der Waals surface area contributed by atoms with Crippen molar-refractivity contribution < 1.29 is 0 Å². The summed E-state index contributed by atoms with van der Waals surface area (Å²) in [6, 6.07) is 1.65. The first-order chi connectivity index (χ1) is 7.79. The van der Waals surface area contributed by atoms with E-state index in [-0.39, 0.29) is 0 Å². The van der Waals surface area contributed by atoms with E-state index in [1.54, 1.807) is 0 Å². The topological polar surface area (TPSA) is 15.3 Å². The van der Waals surface area contributed by atoms with Crippen molar-refractivity contribution in [1.29, 1.82) is 0 Å². The second-order valence-electron chi connectivity index (χ2n) is 5.88. The molecule has 16 heavy (non-hydrogen) atoms. The van der Waals surface area contributed by atoms with Crippen LogP contribution in [0.5, 0.6) is 0 Å². The fraction of sp³-hybridized carbons (Fsp3) is 1.00. The molecule has 2 fully saturated rings. The summed E-state index contributed by atoms with van der Waals surface area (Å²) >= 11 is 0. The van der Waals surface area contributed by atoms with Crippen molar-refractivity contribution in [2.45, 2.75) is 64.0 Å². The molecule has 2 rings (SSSR count). The van der Waals surface area contributed by atoms with Crippen LogP contribution in [0.2, 0.25) is 0 Å². The van der Waals surface area contributed by atoms with Gasteiger partial charge in [0.05, 0.1) is 0 Å². The van der Waals surface area contributed by atoms with Crippen molar-refractivity contribution in [3.05, 3.63) is 0 Å². The van der Waals surface area contributed by atoms with E-state index in [2.05, 4.69) is 24.2 Å². The van der Waals surface area contributed by atoms with Gasteiger partial charge in [-0.15, -0.1) is 0 Å². The molecule has 94 valence electrons. The molecule has 3 unspecified atom stereocenters. The van der Waals surface area contributed by atoms with Gasteiger partial charge in [0.1, 0.15) is 0 Å². The van der Waals surface area contributed by atoms with Crippen molar-refractivity contribution >= 4 is 0 Å². The molecular weight excluding hydrogens is 196 g/mol. The largest absolute Gasteiger partial charge is 0.317 e. The van der Waals surface area contributed by atoms with Gasteiger partial charge < -0.3 is 10.2 Å². The number of likely N-dealkylation sites (tertiary alicyclic amines) is 1. The maximum atomic E-state index is 3.47. The Morgan fingerprint density at radius 1 is 1.00 bits per heavy atom. The molecule has 3 atom stereocenters. The number of rotatable bonds is 2. The molecular formula is C14H28N2. The van der Waals surface area contributed by atoms with Crippen molar-refractivity contribution in [2.75, 3.05) is 20.1 Å². The highest BCUT2D eigenvalue weighted by Gasteiger charge is 2.26. The average molecular weight is 224 g/mol. The molecule has 0 radical (unpaired) electrons. The van der Waals surface area contributed by atoms with E-state index in [0.29, 0.717) is 0 Å². The minimum absolute atomic E-state index is 0.777. The summed E-state index contributed by atoms with van der Waals surface area (Å²) in [4.78, 5) is 2.78. The maximum absolute atomic E-state index is 3.47. The van der Waals surface area contributed by atoms with Crippen LogP contribution < -0.4 is 5.32 Å². The molecule has 2 nitrogen and oxygen atoms in total. The van der Waals surface area contributed by atoms with Gasteiger partial charge in [-0.1, -0.05) is 13.3 Å². The number of hydrogen-bond acceptors (Lipinski definition) is 2. The predicted octanol–water partition coefficient (Wildman–Crippen LogP) is 2.64. The molecule has 2 aliphatic rings. The van der Waals surface area contributed by atoms with Gasteiger partial charge in [0, 0.05) is 12.1 Å². The lowest BCUT2D eigenvalue weighted by Gasteiger charge is -2.37. The van der Waals surface area contributed by atoms with Crippen LogP contribution in [0.4, 0.5) is 0 Å². The van der Waals surface area contributed by atoms with E-state index in [1.165, 1.54) is 58.0 Å². The lowest BCUT2D eigenvalue weighted by molar-refractivity contribution is 0.144. The van der Waals surface area contributed by atoms with Crippen molar-refractivity contribution in [3.63, 3.8) is 0 Å². The first-order valence-electron chi connectivity index (χ1n) is 7.21. The lowest BCUT2D eigenvalue weighted by atomic mass is 9.90. The molecule has 0 aromatic rings. The second kappa shape index (κ2) is 6.02. The Morgan fingerprint density at radius 2 is 1.88 bits per heavy atom. The highest BCUT2D eigenvalue weighted by Crippen LogP contribution is 2.26. The summed E-state index contributed by atoms with van der Waals surface area (Å²) < 4.78 is 0. The minimum Gasteiger partial charge on any atom is -0.317 e. The normalized spacial score (nSPS) is 38.2. The molecule has 2 heteroatoms. The monoisotopic (exact) mass is 224 g/mol. The van der Waals surface area contributed by atoms with Gasteiger partial charge in [-0.05, 0) is 64.6 Å². The average Bonchev–Trinajstić information content (AvgIpc) is 2.54. The summed E-state index contributed by atoms with van der Waals surface area (Å²) in [7, 11) is 2.12. The van der Waals surface area contributed by atoms with Gasteiger partial charge in [-0.25, -0.2) is 0 Å². The molecule has 0 spiro atoms. The molecule has 0 amide bonds. The molecule has 0 aromatic heterocycles. The standard InChI is InChI=1S/C14H28N2/c1-12-5-4-9-16(10-8-12)14-7-3-6-13(11-14)15-2/h12-15H,3-11H2,1-2H3. The van der Waals surface area contributed by atoms with Gasteiger partial charge >= 0.3 is 0 Å². The zero-order chi connectivity index (χ0) is 11.4. The minimum atomic E-state index is 0.777. The van der Waals surface area contributed by atoms with E-state index >= 15 is 0 Å². The van der Waals surface area contributed by atoms with E-state index in [0.717, 1.165) is 18.0 Å². The van der Waals surface area contributed by atoms with E-state index < -0.39 is 0 Å². The van der Waals surface area contributed by atoms with Gasteiger partial charge in [0.15, 0.2) is 0 Å². The van der Waals surface area contributed by atoms with Gasteiger partial charge in [0.25, 0.3) is 0 Å². The van der Waals surface area contributed by atoms with Crippen LogP contribution in [0.1, 0.15) is 51.9 Å². The van der Waals surface area contributed by atoms with Crippen LogP contribution in [0.3, 0.4) is 0 Å². The number of nitrogens with one attached hydrogen (secondary N) is 1. The zero-order valence-electron chi connectivity index (χ0n) is 11.0. The third-order valence-corrected chi connectivity index (χ3v) is 4.62. The van der Waals surface area contributed by atoms with Gasteiger partial charge in [-0.2, -0.15) is 0 Å². The summed E-state index contributed by atoms with van der Waals surface area (Å²) in [5.74, 6) is 0.952. The van der Waals surface area contributed by atoms with Crippen LogP contribution in [-0.4, -0.2) is 37.1 Å². The van der Waals surface area contributed by atoms with Crippen molar-refractivity contribution in [1.82, 2.24) is 10.2 Å². The fourth-order valence-electron chi connectivity index (χ4n) is 3.41. The Balaban J connectivity index is 1.85. The van der Waals surface area contributed by atoms with Crippen LogP contribution in [0.25, 0.3) is 0 Å².